The number of aromatic nitrogens is 2. The highest BCUT2D eigenvalue weighted by Crippen LogP contribution is 2.42. The highest BCUT2D eigenvalue weighted by Gasteiger charge is 2.44. The Hall–Kier alpha value is -2.90. The first-order chi connectivity index (χ1) is 15.1. The van der Waals surface area contributed by atoms with Gasteiger partial charge in [-0.1, -0.05) is 38.1 Å². The van der Waals surface area contributed by atoms with Gasteiger partial charge in [0.25, 0.3) is 0 Å². The molecular weight excluding hydrogens is 390 g/mol. The number of ether oxygens (including phenoxy) is 1. The summed E-state index contributed by atoms with van der Waals surface area (Å²) in [6, 6.07) is 13.7. The van der Waals surface area contributed by atoms with Crippen molar-refractivity contribution in [3.8, 4) is 5.75 Å². The predicted molar refractivity (Wildman–Crippen MR) is 119 cm³/mol. The van der Waals surface area contributed by atoms with Crippen molar-refractivity contribution in [2.75, 3.05) is 7.11 Å². The Balaban J connectivity index is 1.36. The van der Waals surface area contributed by atoms with Crippen LogP contribution in [0.1, 0.15) is 49.3 Å². The zero-order valence-electron chi connectivity index (χ0n) is 18.1. The third kappa shape index (κ3) is 3.47. The van der Waals surface area contributed by atoms with Gasteiger partial charge in [0.2, 0.25) is 5.91 Å². The number of amides is 1. The van der Waals surface area contributed by atoms with Crippen LogP contribution in [0, 0.1) is 11.8 Å². The number of fused-ring (bicyclic) bond motifs is 4. The fraction of sp³-hybridized carbons (Fsp3) is 0.417. The zero-order valence-corrected chi connectivity index (χ0v) is 18.1. The summed E-state index contributed by atoms with van der Waals surface area (Å²) in [5.41, 5.74) is 11.0. The van der Waals surface area contributed by atoms with Crippen LogP contribution in [-0.2, 0) is 11.2 Å². The number of hydrogen-bond acceptors (Lipinski definition) is 5. The summed E-state index contributed by atoms with van der Waals surface area (Å²) in [7, 11) is 1.71. The summed E-state index contributed by atoms with van der Waals surface area (Å²) in [5.74, 6) is 2.11. The third-order valence-corrected chi connectivity index (χ3v) is 6.65. The number of carbonyl (C=O) groups is 1. The largest absolute Gasteiger partial charge is 0.496 e. The summed E-state index contributed by atoms with van der Waals surface area (Å²) < 4.78 is 5.55. The molecule has 5 rings (SSSR count). The Kier molecular flexibility index (Phi) is 5.16. The SMILES string of the molecule is COc1cccc2c1CCC1C(C(=O)N[C@@H](c3nc4ccccc4[nH]3)C(C)C)NNC21. The molecule has 4 N–H and O–H groups in total. The van der Waals surface area contributed by atoms with E-state index in [1.807, 2.05) is 36.4 Å². The number of para-hydroxylation sites is 2. The van der Waals surface area contributed by atoms with Crippen LogP contribution in [0.25, 0.3) is 11.0 Å². The average molecular weight is 420 g/mol. The molecule has 31 heavy (non-hydrogen) atoms. The van der Waals surface area contributed by atoms with E-state index in [2.05, 4.69) is 41.1 Å². The van der Waals surface area contributed by atoms with Crippen molar-refractivity contribution in [2.24, 2.45) is 11.8 Å². The molecule has 1 aliphatic heterocycles. The molecule has 2 heterocycles. The van der Waals surface area contributed by atoms with E-state index < -0.39 is 0 Å². The average Bonchev–Trinajstić information content (AvgIpc) is 3.40. The van der Waals surface area contributed by atoms with Gasteiger partial charge in [-0.15, -0.1) is 0 Å². The minimum absolute atomic E-state index is 0.00509. The first-order valence-electron chi connectivity index (χ1n) is 11.0. The van der Waals surface area contributed by atoms with Crippen molar-refractivity contribution in [1.82, 2.24) is 26.1 Å². The lowest BCUT2D eigenvalue weighted by atomic mass is 9.77. The molecule has 1 aromatic heterocycles. The lowest BCUT2D eigenvalue weighted by Gasteiger charge is -2.31. The van der Waals surface area contributed by atoms with Gasteiger partial charge in [-0.05, 0) is 48.1 Å². The number of imidazole rings is 1. The topological polar surface area (TPSA) is 91.1 Å². The van der Waals surface area contributed by atoms with Crippen LogP contribution in [-0.4, -0.2) is 29.0 Å². The van der Waals surface area contributed by atoms with E-state index in [9.17, 15) is 4.79 Å². The fourth-order valence-corrected chi connectivity index (χ4v) is 5.05. The summed E-state index contributed by atoms with van der Waals surface area (Å²) in [5, 5.41) is 3.26. The van der Waals surface area contributed by atoms with Crippen molar-refractivity contribution >= 4 is 16.9 Å². The number of rotatable bonds is 5. The Bertz CT molecular complexity index is 1080. The van der Waals surface area contributed by atoms with Crippen LogP contribution < -0.4 is 20.9 Å². The summed E-state index contributed by atoms with van der Waals surface area (Å²) >= 11 is 0. The molecule has 4 atom stereocenters. The maximum atomic E-state index is 13.4. The van der Waals surface area contributed by atoms with Gasteiger partial charge in [-0.3, -0.25) is 4.79 Å². The maximum absolute atomic E-state index is 13.4. The third-order valence-electron chi connectivity index (χ3n) is 6.65. The second kappa shape index (κ2) is 7.98. The first kappa shape index (κ1) is 20.0. The van der Waals surface area contributed by atoms with Gasteiger partial charge < -0.3 is 15.0 Å². The van der Waals surface area contributed by atoms with E-state index in [1.54, 1.807) is 7.11 Å². The Morgan fingerprint density at radius 1 is 1.16 bits per heavy atom. The van der Waals surface area contributed by atoms with E-state index in [-0.39, 0.29) is 35.9 Å². The number of carbonyl (C=O) groups excluding carboxylic acids is 1. The number of hydrazine groups is 1. The molecule has 2 aliphatic rings. The normalized spacial score (nSPS) is 23.4. The van der Waals surface area contributed by atoms with Crippen molar-refractivity contribution in [2.45, 2.75) is 44.8 Å². The van der Waals surface area contributed by atoms with E-state index in [1.165, 1.54) is 11.1 Å². The molecule has 0 saturated carbocycles. The van der Waals surface area contributed by atoms with Crippen LogP contribution in [0.3, 0.4) is 0 Å². The number of hydrogen-bond donors (Lipinski definition) is 4. The molecule has 3 aromatic rings. The molecule has 1 aliphatic carbocycles. The van der Waals surface area contributed by atoms with E-state index in [0.717, 1.165) is 35.4 Å². The highest BCUT2D eigenvalue weighted by atomic mass is 16.5. The van der Waals surface area contributed by atoms with Gasteiger partial charge in [0.1, 0.15) is 17.6 Å². The lowest BCUT2D eigenvalue weighted by Crippen LogP contribution is -2.47. The number of nitrogens with zero attached hydrogens (tertiary/aromatic N) is 1. The molecule has 0 spiro atoms. The number of benzene rings is 2. The Labute approximate surface area is 181 Å². The number of aromatic amines is 1. The fourth-order valence-electron chi connectivity index (χ4n) is 5.05. The smallest absolute Gasteiger partial charge is 0.239 e. The van der Waals surface area contributed by atoms with Crippen molar-refractivity contribution < 1.29 is 9.53 Å². The predicted octanol–water partition coefficient (Wildman–Crippen LogP) is 3.16. The molecule has 0 radical (unpaired) electrons. The van der Waals surface area contributed by atoms with Crippen molar-refractivity contribution in [1.29, 1.82) is 0 Å². The molecule has 2 aromatic carbocycles. The van der Waals surface area contributed by atoms with Gasteiger partial charge in [0.15, 0.2) is 0 Å². The number of H-pyrrole nitrogens is 1. The van der Waals surface area contributed by atoms with Crippen molar-refractivity contribution in [3.63, 3.8) is 0 Å². The van der Waals surface area contributed by atoms with E-state index in [0.29, 0.717) is 0 Å². The molecule has 1 saturated heterocycles. The second-order valence-electron chi connectivity index (χ2n) is 8.84. The maximum Gasteiger partial charge on any atom is 0.239 e. The molecule has 162 valence electrons. The summed E-state index contributed by atoms with van der Waals surface area (Å²) in [6.07, 6.45) is 1.83. The van der Waals surface area contributed by atoms with Crippen molar-refractivity contribution in [3.05, 3.63) is 59.4 Å². The zero-order chi connectivity index (χ0) is 21.5. The van der Waals surface area contributed by atoms with Crippen LogP contribution >= 0.6 is 0 Å². The first-order valence-corrected chi connectivity index (χ1v) is 11.0. The van der Waals surface area contributed by atoms with Gasteiger partial charge in [0, 0.05) is 5.92 Å². The summed E-state index contributed by atoms with van der Waals surface area (Å²) in [4.78, 5) is 21.5. The Morgan fingerprint density at radius 3 is 2.77 bits per heavy atom. The quantitative estimate of drug-likeness (QED) is 0.510. The molecule has 3 unspecified atom stereocenters. The van der Waals surface area contributed by atoms with E-state index in [4.69, 9.17) is 9.72 Å². The van der Waals surface area contributed by atoms with Gasteiger partial charge in [-0.25, -0.2) is 15.8 Å². The van der Waals surface area contributed by atoms with Gasteiger partial charge in [-0.2, -0.15) is 0 Å². The molecule has 1 fully saturated rings. The lowest BCUT2D eigenvalue weighted by molar-refractivity contribution is -0.125. The standard InChI is InChI=1S/C24H29N5O2/c1-13(2)20(23-25-17-8-4-5-9-18(17)26-23)27-24(30)22-16-12-11-14-15(21(16)28-29-22)7-6-10-19(14)31-3/h4-10,13,16,20-22,28-29H,11-12H2,1-3H3,(H,25,26)(H,27,30)/t16?,20-,21?,22?/m1/s1. The van der Waals surface area contributed by atoms with Gasteiger partial charge in [0.05, 0.1) is 30.2 Å². The second-order valence-corrected chi connectivity index (χ2v) is 8.84. The molecule has 0 bridgehead atoms. The van der Waals surface area contributed by atoms with Crippen LogP contribution in [0.2, 0.25) is 0 Å². The minimum Gasteiger partial charge on any atom is -0.496 e. The number of nitrogens with one attached hydrogen (secondary N) is 4. The molecule has 7 nitrogen and oxygen atoms in total. The number of methoxy groups -OCH3 is 1. The molecule has 1 amide bonds. The Morgan fingerprint density at radius 2 is 2.00 bits per heavy atom. The summed E-state index contributed by atoms with van der Waals surface area (Å²) in [6.45, 7) is 4.20. The van der Waals surface area contributed by atoms with Crippen LogP contribution in [0.5, 0.6) is 5.75 Å². The van der Waals surface area contributed by atoms with Crippen LogP contribution in [0.15, 0.2) is 42.5 Å². The molecule has 7 heteroatoms. The van der Waals surface area contributed by atoms with E-state index >= 15 is 0 Å². The van der Waals surface area contributed by atoms with Gasteiger partial charge >= 0.3 is 0 Å². The molecular formula is C24H29N5O2. The monoisotopic (exact) mass is 419 g/mol. The minimum atomic E-state index is -0.296. The highest BCUT2D eigenvalue weighted by molar-refractivity contribution is 5.83. The van der Waals surface area contributed by atoms with Crippen LogP contribution in [0.4, 0.5) is 0 Å².